The lowest BCUT2D eigenvalue weighted by Gasteiger charge is -2.36. The first kappa shape index (κ1) is 17.6. The van der Waals surface area contributed by atoms with E-state index in [1.807, 2.05) is 49.2 Å². The number of piperazine rings is 1. The lowest BCUT2D eigenvalue weighted by atomic mass is 10.1. The first-order valence-corrected chi connectivity index (χ1v) is 9.29. The van der Waals surface area contributed by atoms with Gasteiger partial charge in [0, 0.05) is 26.2 Å². The monoisotopic (exact) mass is 369 g/mol. The summed E-state index contributed by atoms with van der Waals surface area (Å²) >= 11 is 0. The number of anilines is 2. The van der Waals surface area contributed by atoms with Gasteiger partial charge in [-0.05, 0) is 31.9 Å². The predicted octanol–water partition coefficient (Wildman–Crippen LogP) is 2.73. The van der Waals surface area contributed by atoms with Crippen LogP contribution >= 0.6 is 0 Å². The number of nitrogens with zero attached hydrogens (tertiary/aromatic N) is 7. The van der Waals surface area contributed by atoms with Crippen LogP contribution in [0.3, 0.4) is 0 Å². The molecule has 8 heteroatoms. The molecule has 142 valence electrons. The van der Waals surface area contributed by atoms with Crippen LogP contribution in [0.4, 0.5) is 16.0 Å². The average molecular weight is 369 g/mol. The Morgan fingerprint density at radius 2 is 1.70 bits per heavy atom. The molecule has 0 saturated carbocycles. The Morgan fingerprint density at radius 3 is 2.41 bits per heavy atom. The molecule has 0 radical (unpaired) electrons. The van der Waals surface area contributed by atoms with Crippen molar-refractivity contribution in [3.05, 3.63) is 41.4 Å². The lowest BCUT2D eigenvalue weighted by Crippen LogP contribution is -2.47. The SMILES string of the molecule is Cc1nc2ccc(N3CCN(c4ncnc(C(C)C)c4F)CC3)nn2c1C. The average Bonchev–Trinajstić information content (AvgIpc) is 2.95. The largest absolute Gasteiger partial charge is 0.352 e. The van der Waals surface area contributed by atoms with Crippen molar-refractivity contribution in [3.63, 3.8) is 0 Å². The van der Waals surface area contributed by atoms with Crippen molar-refractivity contribution in [1.82, 2.24) is 24.6 Å². The minimum atomic E-state index is -0.301. The fourth-order valence-electron chi connectivity index (χ4n) is 3.46. The quantitative estimate of drug-likeness (QED) is 0.707. The Labute approximate surface area is 157 Å². The lowest BCUT2D eigenvalue weighted by molar-refractivity contribution is 0.555. The summed E-state index contributed by atoms with van der Waals surface area (Å²) in [4.78, 5) is 17.0. The number of rotatable bonds is 3. The van der Waals surface area contributed by atoms with E-state index in [1.54, 1.807) is 0 Å². The normalized spacial score (nSPS) is 15.2. The van der Waals surface area contributed by atoms with Crippen LogP contribution < -0.4 is 9.80 Å². The van der Waals surface area contributed by atoms with Crippen molar-refractivity contribution in [2.45, 2.75) is 33.6 Å². The van der Waals surface area contributed by atoms with Gasteiger partial charge in [-0.3, -0.25) is 0 Å². The van der Waals surface area contributed by atoms with Crippen LogP contribution in [0.2, 0.25) is 0 Å². The standard InChI is InChI=1S/C19H24FN7/c1-12(2)18-17(20)19(22-11-21-18)26-9-7-25(8-10-26)16-6-5-15-23-13(3)14(4)27(15)24-16/h5-6,11-12H,7-10H2,1-4H3. The number of fused-ring (bicyclic) bond motifs is 1. The summed E-state index contributed by atoms with van der Waals surface area (Å²) in [5.74, 6) is 1.04. The van der Waals surface area contributed by atoms with Crippen molar-refractivity contribution in [1.29, 1.82) is 0 Å². The van der Waals surface area contributed by atoms with Gasteiger partial charge >= 0.3 is 0 Å². The van der Waals surface area contributed by atoms with Crippen LogP contribution in [0, 0.1) is 19.7 Å². The van der Waals surface area contributed by atoms with E-state index < -0.39 is 0 Å². The summed E-state index contributed by atoms with van der Waals surface area (Å²) in [5, 5.41) is 4.73. The number of hydrogen-bond donors (Lipinski definition) is 0. The number of halogens is 1. The summed E-state index contributed by atoms with van der Waals surface area (Å²) in [7, 11) is 0. The van der Waals surface area contributed by atoms with Crippen LogP contribution in [-0.2, 0) is 0 Å². The van der Waals surface area contributed by atoms with E-state index in [9.17, 15) is 4.39 Å². The van der Waals surface area contributed by atoms with Gasteiger partial charge in [0.25, 0.3) is 0 Å². The highest BCUT2D eigenvalue weighted by molar-refractivity contribution is 5.50. The molecule has 0 unspecified atom stereocenters. The number of imidazole rings is 1. The molecule has 3 aromatic rings. The van der Waals surface area contributed by atoms with Gasteiger partial charge in [-0.2, -0.15) is 0 Å². The molecule has 0 spiro atoms. The predicted molar refractivity (Wildman–Crippen MR) is 103 cm³/mol. The van der Waals surface area contributed by atoms with Gasteiger partial charge in [0.2, 0.25) is 0 Å². The molecule has 0 atom stereocenters. The second kappa shape index (κ2) is 6.75. The number of aromatic nitrogens is 5. The Bertz CT molecular complexity index is 974. The third-order valence-corrected chi connectivity index (χ3v) is 5.17. The Balaban J connectivity index is 1.53. The van der Waals surface area contributed by atoms with Crippen molar-refractivity contribution in [2.75, 3.05) is 36.0 Å². The van der Waals surface area contributed by atoms with E-state index in [4.69, 9.17) is 5.10 Å². The molecule has 7 nitrogen and oxygen atoms in total. The molecule has 1 fully saturated rings. The summed E-state index contributed by atoms with van der Waals surface area (Å²) in [6.45, 7) is 10.8. The minimum Gasteiger partial charge on any atom is -0.352 e. The van der Waals surface area contributed by atoms with Crippen LogP contribution in [-0.4, -0.2) is 50.7 Å². The maximum atomic E-state index is 14.7. The molecule has 0 aliphatic carbocycles. The van der Waals surface area contributed by atoms with Crippen molar-refractivity contribution in [2.24, 2.45) is 0 Å². The van der Waals surface area contributed by atoms with E-state index in [2.05, 4.69) is 19.9 Å². The van der Waals surface area contributed by atoms with Gasteiger partial charge in [-0.1, -0.05) is 13.8 Å². The number of aryl methyl sites for hydroxylation is 2. The smallest absolute Gasteiger partial charge is 0.187 e. The first-order chi connectivity index (χ1) is 13.0. The molecule has 0 N–H and O–H groups in total. The van der Waals surface area contributed by atoms with Crippen LogP contribution in [0.5, 0.6) is 0 Å². The van der Waals surface area contributed by atoms with Gasteiger partial charge in [-0.15, -0.1) is 5.10 Å². The summed E-state index contributed by atoms with van der Waals surface area (Å²) in [6, 6.07) is 3.99. The molecule has 1 saturated heterocycles. The molecule has 0 aromatic carbocycles. The van der Waals surface area contributed by atoms with Crippen molar-refractivity contribution >= 4 is 17.3 Å². The zero-order valence-corrected chi connectivity index (χ0v) is 16.1. The molecule has 3 aromatic heterocycles. The molecular weight excluding hydrogens is 345 g/mol. The third kappa shape index (κ3) is 3.09. The van der Waals surface area contributed by atoms with Gasteiger partial charge < -0.3 is 9.80 Å². The van der Waals surface area contributed by atoms with Crippen LogP contribution in [0.15, 0.2) is 18.5 Å². The highest BCUT2D eigenvalue weighted by Crippen LogP contribution is 2.25. The topological polar surface area (TPSA) is 62.5 Å². The maximum Gasteiger partial charge on any atom is 0.187 e. The fraction of sp³-hybridized carbons (Fsp3) is 0.474. The van der Waals surface area contributed by atoms with Gasteiger partial charge in [0.05, 0.1) is 17.1 Å². The number of hydrogen-bond acceptors (Lipinski definition) is 6. The van der Waals surface area contributed by atoms with E-state index in [1.165, 1.54) is 6.33 Å². The van der Waals surface area contributed by atoms with Crippen molar-refractivity contribution in [3.8, 4) is 0 Å². The second-order valence-corrected chi connectivity index (χ2v) is 7.27. The van der Waals surface area contributed by atoms with Gasteiger partial charge in [0.15, 0.2) is 17.3 Å². The summed E-state index contributed by atoms with van der Waals surface area (Å²) in [6.07, 6.45) is 1.46. The zero-order valence-electron chi connectivity index (χ0n) is 16.1. The summed E-state index contributed by atoms with van der Waals surface area (Å²) in [5.41, 5.74) is 3.37. The van der Waals surface area contributed by atoms with E-state index in [-0.39, 0.29) is 11.7 Å². The molecule has 4 heterocycles. The molecule has 4 rings (SSSR count). The van der Waals surface area contributed by atoms with E-state index in [0.717, 1.165) is 35.9 Å². The third-order valence-electron chi connectivity index (χ3n) is 5.17. The van der Waals surface area contributed by atoms with Gasteiger partial charge in [-0.25, -0.2) is 23.9 Å². The minimum absolute atomic E-state index is 0.0332. The molecule has 0 amide bonds. The molecule has 1 aliphatic rings. The Kier molecular flexibility index (Phi) is 4.41. The summed E-state index contributed by atoms with van der Waals surface area (Å²) < 4.78 is 16.6. The van der Waals surface area contributed by atoms with E-state index in [0.29, 0.717) is 24.6 Å². The Hall–Kier alpha value is -2.77. The van der Waals surface area contributed by atoms with Crippen molar-refractivity contribution < 1.29 is 4.39 Å². The van der Waals surface area contributed by atoms with Gasteiger partial charge in [0.1, 0.15) is 12.1 Å². The van der Waals surface area contributed by atoms with E-state index >= 15 is 0 Å². The zero-order chi connectivity index (χ0) is 19.1. The van der Waals surface area contributed by atoms with Crippen LogP contribution in [0.25, 0.3) is 5.65 Å². The molecule has 1 aliphatic heterocycles. The first-order valence-electron chi connectivity index (χ1n) is 9.29. The highest BCUT2D eigenvalue weighted by atomic mass is 19.1. The maximum absolute atomic E-state index is 14.7. The second-order valence-electron chi connectivity index (χ2n) is 7.27. The fourth-order valence-corrected chi connectivity index (χ4v) is 3.46. The molecule has 0 bridgehead atoms. The Morgan fingerprint density at radius 1 is 1.00 bits per heavy atom. The molecule has 27 heavy (non-hydrogen) atoms. The van der Waals surface area contributed by atoms with Crippen LogP contribution in [0.1, 0.15) is 36.8 Å². The highest BCUT2D eigenvalue weighted by Gasteiger charge is 2.24. The molecular formula is C19H24FN7.